The van der Waals surface area contributed by atoms with Crippen molar-refractivity contribution < 1.29 is 18.3 Å². The van der Waals surface area contributed by atoms with Gasteiger partial charge in [0.1, 0.15) is 0 Å². The number of carbonyl (C=O) groups is 1. The van der Waals surface area contributed by atoms with Crippen LogP contribution in [0.4, 0.5) is 0 Å². The Labute approximate surface area is 112 Å². The summed E-state index contributed by atoms with van der Waals surface area (Å²) in [6.45, 7) is 1.71. The van der Waals surface area contributed by atoms with Crippen LogP contribution in [0.25, 0.3) is 0 Å². The van der Waals surface area contributed by atoms with Gasteiger partial charge in [-0.2, -0.15) is 4.31 Å². The molecule has 1 aliphatic rings. The summed E-state index contributed by atoms with van der Waals surface area (Å²) in [7, 11) is -3.58. The molecule has 1 atom stereocenters. The first kappa shape index (κ1) is 14.2. The lowest BCUT2D eigenvalue weighted by molar-refractivity contribution is 0.101. The summed E-state index contributed by atoms with van der Waals surface area (Å²) >= 11 is 0. The number of hydrogen-bond acceptors (Lipinski definition) is 4. The summed E-state index contributed by atoms with van der Waals surface area (Å²) in [6.07, 6.45) is 1.44. The molecule has 0 aromatic heterocycles. The molecule has 1 aliphatic heterocycles. The van der Waals surface area contributed by atoms with Gasteiger partial charge in [-0.3, -0.25) is 4.79 Å². The molecule has 2 rings (SSSR count). The summed E-state index contributed by atoms with van der Waals surface area (Å²) in [5.74, 6) is -0.0987. The van der Waals surface area contributed by atoms with E-state index in [1.54, 1.807) is 0 Å². The van der Waals surface area contributed by atoms with Gasteiger partial charge in [-0.15, -0.1) is 0 Å². The molecule has 1 N–H and O–H groups in total. The molecule has 0 amide bonds. The van der Waals surface area contributed by atoms with Crippen molar-refractivity contribution in [1.29, 1.82) is 0 Å². The Bertz CT molecular complexity index is 565. The molecule has 0 bridgehead atoms. The van der Waals surface area contributed by atoms with Gasteiger partial charge in [0.15, 0.2) is 5.78 Å². The van der Waals surface area contributed by atoms with E-state index in [-0.39, 0.29) is 23.3 Å². The Morgan fingerprint density at radius 2 is 2.00 bits per heavy atom. The highest BCUT2D eigenvalue weighted by atomic mass is 32.2. The monoisotopic (exact) mass is 283 g/mol. The molecule has 1 aromatic carbocycles. The minimum atomic E-state index is -3.58. The number of carbonyl (C=O) groups excluding carboxylic acids is 1. The van der Waals surface area contributed by atoms with E-state index >= 15 is 0 Å². The first-order valence-electron chi connectivity index (χ1n) is 6.20. The molecule has 0 saturated carbocycles. The Hall–Kier alpha value is -1.24. The van der Waals surface area contributed by atoms with Crippen molar-refractivity contribution in [3.63, 3.8) is 0 Å². The summed E-state index contributed by atoms with van der Waals surface area (Å²) in [5.41, 5.74) is 0.485. The topological polar surface area (TPSA) is 74.7 Å². The third kappa shape index (κ3) is 2.70. The maximum atomic E-state index is 12.4. The van der Waals surface area contributed by atoms with Crippen molar-refractivity contribution >= 4 is 15.8 Å². The Morgan fingerprint density at radius 3 is 2.53 bits per heavy atom. The van der Waals surface area contributed by atoms with Gasteiger partial charge < -0.3 is 5.11 Å². The number of sulfonamides is 1. The van der Waals surface area contributed by atoms with E-state index in [1.807, 2.05) is 0 Å². The van der Waals surface area contributed by atoms with Crippen LogP contribution in [0.5, 0.6) is 0 Å². The fourth-order valence-electron chi connectivity index (χ4n) is 2.31. The van der Waals surface area contributed by atoms with Crippen molar-refractivity contribution in [1.82, 2.24) is 4.31 Å². The van der Waals surface area contributed by atoms with Crippen LogP contribution < -0.4 is 0 Å². The van der Waals surface area contributed by atoms with Crippen molar-refractivity contribution in [2.75, 3.05) is 13.2 Å². The van der Waals surface area contributed by atoms with E-state index in [0.29, 0.717) is 18.5 Å². The van der Waals surface area contributed by atoms with Crippen LogP contribution in [0, 0.1) is 0 Å². The number of benzene rings is 1. The molecule has 104 valence electrons. The first-order valence-corrected chi connectivity index (χ1v) is 7.64. The fourth-order valence-corrected chi connectivity index (χ4v) is 3.99. The van der Waals surface area contributed by atoms with Gasteiger partial charge in [0.2, 0.25) is 10.0 Å². The first-order chi connectivity index (χ1) is 8.96. The quantitative estimate of drug-likeness (QED) is 0.838. The van der Waals surface area contributed by atoms with Crippen molar-refractivity contribution in [3.8, 4) is 0 Å². The molecule has 1 fully saturated rings. The standard InChI is InChI=1S/C13H17NO4S/c1-10(16)11-4-6-13(7-5-11)19(17,18)14-8-2-3-12(14)9-15/h4-7,12,15H,2-3,8-9H2,1H3. The Balaban J connectivity index is 2.31. The third-order valence-corrected chi connectivity index (χ3v) is 5.37. The van der Waals surface area contributed by atoms with Crippen LogP contribution in [-0.2, 0) is 10.0 Å². The van der Waals surface area contributed by atoms with Gasteiger partial charge in [0.05, 0.1) is 11.5 Å². The summed E-state index contributed by atoms with van der Waals surface area (Å²) in [4.78, 5) is 11.3. The van der Waals surface area contributed by atoms with Gasteiger partial charge in [-0.25, -0.2) is 8.42 Å². The van der Waals surface area contributed by atoms with Gasteiger partial charge in [-0.05, 0) is 31.9 Å². The molecule has 1 unspecified atom stereocenters. The van der Waals surface area contributed by atoms with E-state index < -0.39 is 10.0 Å². The molecule has 0 aliphatic carbocycles. The lowest BCUT2D eigenvalue weighted by Crippen LogP contribution is -2.37. The zero-order valence-corrected chi connectivity index (χ0v) is 11.6. The number of aliphatic hydroxyl groups is 1. The highest BCUT2D eigenvalue weighted by Crippen LogP contribution is 2.25. The minimum absolute atomic E-state index is 0.0987. The molecule has 1 aromatic rings. The zero-order valence-electron chi connectivity index (χ0n) is 10.7. The number of ketones is 1. The SMILES string of the molecule is CC(=O)c1ccc(S(=O)(=O)N2CCCC2CO)cc1. The maximum absolute atomic E-state index is 12.4. The van der Waals surface area contributed by atoms with Crippen LogP contribution in [0.15, 0.2) is 29.2 Å². The normalized spacial score (nSPS) is 20.6. The number of nitrogens with zero attached hydrogens (tertiary/aromatic N) is 1. The maximum Gasteiger partial charge on any atom is 0.243 e. The summed E-state index contributed by atoms with van der Waals surface area (Å²) < 4.78 is 26.2. The van der Waals surface area contributed by atoms with E-state index in [2.05, 4.69) is 0 Å². The average molecular weight is 283 g/mol. The molecule has 6 heteroatoms. The van der Waals surface area contributed by atoms with Crippen LogP contribution in [0.3, 0.4) is 0 Å². The van der Waals surface area contributed by atoms with Crippen molar-refractivity contribution in [3.05, 3.63) is 29.8 Å². The molecule has 1 saturated heterocycles. The molecule has 19 heavy (non-hydrogen) atoms. The molecular formula is C13H17NO4S. The van der Waals surface area contributed by atoms with Crippen LogP contribution in [0.1, 0.15) is 30.1 Å². The predicted molar refractivity (Wildman–Crippen MR) is 70.4 cm³/mol. The molecule has 0 spiro atoms. The summed E-state index contributed by atoms with van der Waals surface area (Å²) in [6, 6.07) is 5.58. The molecule has 0 radical (unpaired) electrons. The van der Waals surface area contributed by atoms with Crippen molar-refractivity contribution in [2.45, 2.75) is 30.7 Å². The average Bonchev–Trinajstić information content (AvgIpc) is 2.87. The number of Topliss-reactive ketones (excluding diaryl/α,β-unsaturated/α-hetero) is 1. The molecule has 5 nitrogen and oxygen atoms in total. The summed E-state index contributed by atoms with van der Waals surface area (Å²) in [5, 5.41) is 9.21. The van der Waals surface area contributed by atoms with Crippen LogP contribution in [0.2, 0.25) is 0 Å². The second-order valence-corrected chi connectivity index (χ2v) is 6.57. The fraction of sp³-hybridized carbons (Fsp3) is 0.462. The lowest BCUT2D eigenvalue weighted by atomic mass is 10.2. The minimum Gasteiger partial charge on any atom is -0.395 e. The Morgan fingerprint density at radius 1 is 1.37 bits per heavy atom. The molecular weight excluding hydrogens is 266 g/mol. The number of rotatable bonds is 4. The van der Waals surface area contributed by atoms with Crippen molar-refractivity contribution in [2.24, 2.45) is 0 Å². The zero-order chi connectivity index (χ0) is 14.0. The van der Waals surface area contributed by atoms with Gasteiger partial charge in [0.25, 0.3) is 0 Å². The van der Waals surface area contributed by atoms with Gasteiger partial charge >= 0.3 is 0 Å². The largest absolute Gasteiger partial charge is 0.395 e. The predicted octanol–water partition coefficient (Wildman–Crippen LogP) is 1.03. The molecule has 1 heterocycles. The van der Waals surface area contributed by atoms with E-state index in [0.717, 1.165) is 6.42 Å². The highest BCUT2D eigenvalue weighted by Gasteiger charge is 2.34. The Kier molecular flexibility index (Phi) is 4.03. The van der Waals surface area contributed by atoms with Crippen LogP contribution in [-0.4, -0.2) is 42.8 Å². The lowest BCUT2D eigenvalue weighted by Gasteiger charge is -2.22. The van der Waals surface area contributed by atoms with E-state index in [4.69, 9.17) is 0 Å². The third-order valence-electron chi connectivity index (χ3n) is 3.40. The second kappa shape index (κ2) is 5.40. The second-order valence-electron chi connectivity index (χ2n) is 4.67. The van der Waals surface area contributed by atoms with E-state index in [9.17, 15) is 18.3 Å². The van der Waals surface area contributed by atoms with E-state index in [1.165, 1.54) is 35.5 Å². The van der Waals surface area contributed by atoms with Gasteiger partial charge in [0, 0.05) is 18.2 Å². The van der Waals surface area contributed by atoms with Crippen LogP contribution >= 0.6 is 0 Å². The number of aliphatic hydroxyl groups excluding tert-OH is 1. The van der Waals surface area contributed by atoms with Gasteiger partial charge in [-0.1, -0.05) is 12.1 Å². The smallest absolute Gasteiger partial charge is 0.243 e. The highest BCUT2D eigenvalue weighted by molar-refractivity contribution is 7.89. The number of hydrogen-bond donors (Lipinski definition) is 1.